The summed E-state index contributed by atoms with van der Waals surface area (Å²) in [5.74, 6) is -0.0465. The SMILES string of the molecule is NS(=O)(=O)c1cccc(Oc2ccc(Cl)cc2C(=O)Nc2cccnc2)c1. The number of aromatic nitrogens is 1. The molecule has 27 heavy (non-hydrogen) atoms. The number of amides is 1. The largest absolute Gasteiger partial charge is 0.456 e. The lowest BCUT2D eigenvalue weighted by Crippen LogP contribution is -2.13. The molecule has 0 saturated carbocycles. The molecule has 0 spiro atoms. The zero-order valence-electron chi connectivity index (χ0n) is 13.8. The number of primary sulfonamides is 1. The van der Waals surface area contributed by atoms with Gasteiger partial charge in [-0.25, -0.2) is 13.6 Å². The monoisotopic (exact) mass is 403 g/mol. The van der Waals surface area contributed by atoms with Crippen LogP contribution in [0.3, 0.4) is 0 Å². The van der Waals surface area contributed by atoms with Crippen molar-refractivity contribution in [2.75, 3.05) is 5.32 Å². The number of nitrogens with two attached hydrogens (primary N) is 1. The average molecular weight is 404 g/mol. The molecule has 1 aromatic heterocycles. The van der Waals surface area contributed by atoms with Gasteiger partial charge in [0.25, 0.3) is 5.91 Å². The van der Waals surface area contributed by atoms with Crippen molar-refractivity contribution in [3.63, 3.8) is 0 Å². The third-order valence-corrected chi connectivity index (χ3v) is 4.61. The summed E-state index contributed by atoms with van der Waals surface area (Å²) in [4.78, 5) is 16.4. The van der Waals surface area contributed by atoms with Crippen molar-refractivity contribution in [3.8, 4) is 11.5 Å². The molecular formula is C18H14ClN3O4S. The molecule has 1 heterocycles. The first-order valence-corrected chi connectivity index (χ1v) is 9.57. The predicted octanol–water partition coefficient (Wildman–Crippen LogP) is 3.43. The van der Waals surface area contributed by atoms with Gasteiger partial charge in [0.1, 0.15) is 11.5 Å². The number of carbonyl (C=O) groups is 1. The van der Waals surface area contributed by atoms with Gasteiger partial charge in [0, 0.05) is 17.3 Å². The van der Waals surface area contributed by atoms with Crippen molar-refractivity contribution >= 4 is 33.2 Å². The summed E-state index contributed by atoms with van der Waals surface area (Å²) in [7, 11) is -3.88. The Morgan fingerprint density at radius 3 is 2.63 bits per heavy atom. The van der Waals surface area contributed by atoms with Crippen molar-refractivity contribution in [2.45, 2.75) is 4.90 Å². The van der Waals surface area contributed by atoms with Crippen LogP contribution >= 0.6 is 11.6 Å². The van der Waals surface area contributed by atoms with Gasteiger partial charge in [-0.1, -0.05) is 17.7 Å². The Labute approximate surface area is 160 Å². The summed E-state index contributed by atoms with van der Waals surface area (Å²) in [6, 6.07) is 13.5. The second-order valence-corrected chi connectivity index (χ2v) is 7.46. The first-order chi connectivity index (χ1) is 12.8. The van der Waals surface area contributed by atoms with Crippen LogP contribution in [0, 0.1) is 0 Å². The second kappa shape index (κ2) is 7.75. The van der Waals surface area contributed by atoms with Gasteiger partial charge in [-0.05, 0) is 42.5 Å². The normalized spacial score (nSPS) is 11.0. The summed E-state index contributed by atoms with van der Waals surface area (Å²) >= 11 is 6.01. The summed E-state index contributed by atoms with van der Waals surface area (Å²) in [6.07, 6.45) is 3.08. The fraction of sp³-hybridized carbons (Fsp3) is 0. The van der Waals surface area contributed by atoms with E-state index in [0.717, 1.165) is 0 Å². The van der Waals surface area contributed by atoms with Gasteiger partial charge in [-0.2, -0.15) is 0 Å². The molecule has 3 aromatic rings. The highest BCUT2D eigenvalue weighted by Gasteiger charge is 2.16. The number of hydrogen-bond acceptors (Lipinski definition) is 5. The number of nitrogens with zero attached hydrogens (tertiary/aromatic N) is 1. The molecule has 9 heteroatoms. The Balaban J connectivity index is 1.92. The van der Waals surface area contributed by atoms with Crippen LogP contribution in [-0.4, -0.2) is 19.3 Å². The van der Waals surface area contributed by atoms with Crippen molar-refractivity contribution < 1.29 is 17.9 Å². The topological polar surface area (TPSA) is 111 Å². The summed E-state index contributed by atoms with van der Waals surface area (Å²) in [5.41, 5.74) is 0.678. The summed E-state index contributed by atoms with van der Waals surface area (Å²) < 4.78 is 28.7. The number of carbonyl (C=O) groups excluding carboxylic acids is 1. The number of rotatable bonds is 5. The lowest BCUT2D eigenvalue weighted by Gasteiger charge is -2.12. The number of halogens is 1. The fourth-order valence-corrected chi connectivity index (χ4v) is 2.97. The van der Waals surface area contributed by atoms with E-state index in [1.807, 2.05) is 0 Å². The molecule has 0 unspecified atom stereocenters. The Kier molecular flexibility index (Phi) is 5.41. The molecule has 3 rings (SSSR count). The summed E-state index contributed by atoms with van der Waals surface area (Å²) in [5, 5.41) is 8.17. The molecule has 0 fully saturated rings. The van der Waals surface area contributed by atoms with Crippen LogP contribution in [0.2, 0.25) is 5.02 Å². The van der Waals surface area contributed by atoms with Crippen molar-refractivity contribution in [2.24, 2.45) is 5.14 Å². The fourth-order valence-electron chi connectivity index (χ4n) is 2.25. The molecule has 0 aliphatic heterocycles. The molecule has 2 aromatic carbocycles. The molecule has 0 aliphatic carbocycles. The number of benzene rings is 2. The molecule has 138 valence electrons. The molecule has 7 nitrogen and oxygen atoms in total. The average Bonchev–Trinajstić information content (AvgIpc) is 2.63. The Morgan fingerprint density at radius 1 is 1.11 bits per heavy atom. The maximum absolute atomic E-state index is 12.6. The number of nitrogens with one attached hydrogen (secondary N) is 1. The van der Waals surface area contributed by atoms with Crippen LogP contribution in [0.1, 0.15) is 10.4 Å². The van der Waals surface area contributed by atoms with Crippen LogP contribution in [-0.2, 0) is 10.0 Å². The third-order valence-electron chi connectivity index (χ3n) is 3.47. The van der Waals surface area contributed by atoms with E-state index in [1.54, 1.807) is 30.5 Å². The Bertz CT molecular complexity index is 1090. The first-order valence-electron chi connectivity index (χ1n) is 7.64. The van der Waals surface area contributed by atoms with E-state index >= 15 is 0 Å². The molecule has 0 bridgehead atoms. The van der Waals surface area contributed by atoms with Gasteiger partial charge < -0.3 is 10.1 Å². The minimum Gasteiger partial charge on any atom is -0.456 e. The predicted molar refractivity (Wildman–Crippen MR) is 102 cm³/mol. The van der Waals surface area contributed by atoms with Gasteiger partial charge in [-0.3, -0.25) is 9.78 Å². The van der Waals surface area contributed by atoms with Crippen molar-refractivity contribution in [3.05, 3.63) is 77.6 Å². The van der Waals surface area contributed by atoms with Crippen LogP contribution in [0.25, 0.3) is 0 Å². The maximum Gasteiger partial charge on any atom is 0.259 e. The molecule has 3 N–H and O–H groups in total. The van der Waals surface area contributed by atoms with Gasteiger partial charge in [0.15, 0.2) is 0 Å². The highest BCUT2D eigenvalue weighted by atomic mass is 35.5. The Morgan fingerprint density at radius 2 is 1.93 bits per heavy atom. The summed E-state index contributed by atoms with van der Waals surface area (Å²) in [6.45, 7) is 0. The number of pyridine rings is 1. The van der Waals surface area contributed by atoms with Crippen LogP contribution in [0.15, 0.2) is 71.9 Å². The van der Waals surface area contributed by atoms with Gasteiger partial charge >= 0.3 is 0 Å². The maximum atomic E-state index is 12.6. The van der Waals surface area contributed by atoms with Crippen LogP contribution < -0.4 is 15.2 Å². The van der Waals surface area contributed by atoms with Gasteiger partial charge in [-0.15, -0.1) is 0 Å². The molecule has 0 atom stereocenters. The van der Waals surface area contributed by atoms with Crippen molar-refractivity contribution in [1.82, 2.24) is 4.98 Å². The zero-order valence-corrected chi connectivity index (χ0v) is 15.4. The lowest BCUT2D eigenvalue weighted by molar-refractivity contribution is 0.102. The van der Waals surface area contributed by atoms with Crippen LogP contribution in [0.5, 0.6) is 11.5 Å². The van der Waals surface area contributed by atoms with E-state index in [0.29, 0.717) is 10.7 Å². The molecule has 0 saturated heterocycles. The van der Waals surface area contributed by atoms with E-state index < -0.39 is 15.9 Å². The third kappa shape index (κ3) is 4.82. The molecule has 0 radical (unpaired) electrons. The van der Waals surface area contributed by atoms with E-state index in [-0.39, 0.29) is 22.0 Å². The molecule has 1 amide bonds. The van der Waals surface area contributed by atoms with E-state index in [2.05, 4.69) is 10.3 Å². The minimum absolute atomic E-state index is 0.102. The van der Waals surface area contributed by atoms with E-state index in [1.165, 1.54) is 36.5 Å². The number of anilines is 1. The number of hydrogen-bond donors (Lipinski definition) is 2. The smallest absolute Gasteiger partial charge is 0.259 e. The molecular weight excluding hydrogens is 390 g/mol. The van der Waals surface area contributed by atoms with E-state index in [9.17, 15) is 13.2 Å². The van der Waals surface area contributed by atoms with Gasteiger partial charge in [0.2, 0.25) is 10.0 Å². The standard InChI is InChI=1S/C18H14ClN3O4S/c19-12-6-7-17(26-14-4-1-5-15(10-14)27(20,24)25)16(9-12)18(23)22-13-3-2-8-21-11-13/h1-11H,(H,22,23)(H2,20,24,25). The van der Waals surface area contributed by atoms with Crippen molar-refractivity contribution in [1.29, 1.82) is 0 Å². The number of sulfonamides is 1. The highest BCUT2D eigenvalue weighted by molar-refractivity contribution is 7.89. The Hall–Kier alpha value is -2.94. The van der Waals surface area contributed by atoms with Gasteiger partial charge in [0.05, 0.1) is 22.3 Å². The first kappa shape index (κ1) is 18.8. The zero-order chi connectivity index (χ0) is 19.4. The molecule has 0 aliphatic rings. The minimum atomic E-state index is -3.88. The lowest BCUT2D eigenvalue weighted by atomic mass is 10.2. The highest BCUT2D eigenvalue weighted by Crippen LogP contribution is 2.29. The van der Waals surface area contributed by atoms with E-state index in [4.69, 9.17) is 21.5 Å². The quantitative estimate of drug-likeness (QED) is 0.677. The number of ether oxygens (including phenoxy) is 1. The second-order valence-electron chi connectivity index (χ2n) is 5.46. The van der Waals surface area contributed by atoms with Crippen LogP contribution in [0.4, 0.5) is 5.69 Å².